The van der Waals surface area contributed by atoms with Crippen molar-refractivity contribution in [3.63, 3.8) is 0 Å². The number of nitro benzene ring substituents is 1. The number of hydrogen-bond donors (Lipinski definition) is 1. The minimum atomic E-state index is -4.65. The van der Waals surface area contributed by atoms with Crippen molar-refractivity contribution < 1.29 is 32.4 Å². The molecule has 0 atom stereocenters. The number of nitrogens with zero attached hydrogens (tertiary/aromatic N) is 1. The lowest BCUT2D eigenvalue weighted by Crippen LogP contribution is -2.23. The Morgan fingerprint density at radius 2 is 2.10 bits per heavy atom. The van der Waals surface area contributed by atoms with E-state index in [-0.39, 0.29) is 11.4 Å². The minimum absolute atomic E-state index is 0.0517. The third-order valence-electron chi connectivity index (χ3n) is 1.99. The van der Waals surface area contributed by atoms with Gasteiger partial charge in [-0.25, -0.2) is 4.79 Å². The predicted molar refractivity (Wildman–Crippen MR) is 60.7 cm³/mol. The number of alkyl halides is 3. The van der Waals surface area contributed by atoms with E-state index < -0.39 is 29.5 Å². The maximum absolute atomic E-state index is 11.8. The lowest BCUT2D eigenvalue weighted by molar-refractivity contribution is -0.385. The van der Waals surface area contributed by atoms with Gasteiger partial charge in [0, 0.05) is 6.07 Å². The molecule has 1 rings (SSSR count). The number of carbonyl (C=O) groups excluding carboxylic acids is 1. The Kier molecular flexibility index (Phi) is 4.73. The van der Waals surface area contributed by atoms with Gasteiger partial charge in [-0.3, -0.25) is 15.4 Å². The number of nitrogens with one attached hydrogen (secondary N) is 1. The Balaban J connectivity index is 2.76. The van der Waals surface area contributed by atoms with E-state index in [1.165, 1.54) is 19.2 Å². The van der Waals surface area contributed by atoms with Crippen molar-refractivity contribution in [1.29, 1.82) is 0 Å². The van der Waals surface area contributed by atoms with Gasteiger partial charge in [0.05, 0.1) is 17.7 Å². The molecule has 0 aromatic heterocycles. The van der Waals surface area contributed by atoms with Crippen molar-refractivity contribution >= 4 is 17.5 Å². The zero-order valence-electron chi connectivity index (χ0n) is 10.1. The molecule has 0 unspecified atom stereocenters. The van der Waals surface area contributed by atoms with Crippen LogP contribution >= 0.6 is 0 Å². The molecular weight excluding hydrogens is 285 g/mol. The fourth-order valence-electron chi connectivity index (χ4n) is 1.21. The third-order valence-corrected chi connectivity index (χ3v) is 1.99. The Morgan fingerprint density at radius 3 is 2.60 bits per heavy atom. The predicted octanol–water partition coefficient (Wildman–Crippen LogP) is 2.71. The van der Waals surface area contributed by atoms with Gasteiger partial charge in [0.25, 0.3) is 0 Å². The van der Waals surface area contributed by atoms with Gasteiger partial charge in [-0.15, -0.1) is 0 Å². The van der Waals surface area contributed by atoms with Crippen molar-refractivity contribution in [1.82, 2.24) is 0 Å². The molecule has 1 aromatic carbocycles. The summed E-state index contributed by atoms with van der Waals surface area (Å²) in [7, 11) is 1.22. The first kappa shape index (κ1) is 15.5. The molecule has 1 N–H and O–H groups in total. The smallest absolute Gasteiger partial charge is 0.422 e. The van der Waals surface area contributed by atoms with Gasteiger partial charge in [-0.2, -0.15) is 13.2 Å². The number of nitro groups is 1. The molecule has 1 aromatic rings. The average molecular weight is 294 g/mol. The highest BCUT2D eigenvalue weighted by Gasteiger charge is 2.29. The van der Waals surface area contributed by atoms with Crippen molar-refractivity contribution in [3.8, 4) is 5.75 Å². The summed E-state index contributed by atoms with van der Waals surface area (Å²) in [5.74, 6) is -0.0517. The van der Waals surface area contributed by atoms with E-state index in [4.69, 9.17) is 4.74 Å². The Labute approximate surface area is 110 Å². The van der Waals surface area contributed by atoms with Crippen LogP contribution < -0.4 is 10.1 Å². The summed E-state index contributed by atoms with van der Waals surface area (Å²) in [6.07, 6.45) is -6.02. The topological polar surface area (TPSA) is 90.7 Å². The van der Waals surface area contributed by atoms with Crippen LogP contribution in [0.4, 0.5) is 29.3 Å². The van der Waals surface area contributed by atoms with E-state index in [0.29, 0.717) is 0 Å². The highest BCUT2D eigenvalue weighted by atomic mass is 19.4. The Morgan fingerprint density at radius 1 is 1.45 bits per heavy atom. The third kappa shape index (κ3) is 4.63. The summed E-state index contributed by atoms with van der Waals surface area (Å²) in [6.45, 7) is -1.75. The summed E-state index contributed by atoms with van der Waals surface area (Å²) in [5.41, 5.74) is -0.536. The van der Waals surface area contributed by atoms with Crippen molar-refractivity contribution in [3.05, 3.63) is 28.3 Å². The van der Waals surface area contributed by atoms with Gasteiger partial charge in [0.1, 0.15) is 0 Å². The van der Waals surface area contributed by atoms with Crippen LogP contribution in [0.3, 0.4) is 0 Å². The first-order valence-corrected chi connectivity index (χ1v) is 5.06. The van der Waals surface area contributed by atoms with Gasteiger partial charge < -0.3 is 9.47 Å². The lowest BCUT2D eigenvalue weighted by Gasteiger charge is -2.09. The molecule has 0 aliphatic carbocycles. The molecule has 0 saturated heterocycles. The molecule has 10 heteroatoms. The van der Waals surface area contributed by atoms with Crippen molar-refractivity contribution in [2.45, 2.75) is 6.18 Å². The zero-order valence-corrected chi connectivity index (χ0v) is 10.1. The molecule has 20 heavy (non-hydrogen) atoms. The van der Waals surface area contributed by atoms with Crippen molar-refractivity contribution in [2.24, 2.45) is 0 Å². The van der Waals surface area contributed by atoms with Crippen LogP contribution in [0.15, 0.2) is 18.2 Å². The van der Waals surface area contributed by atoms with Crippen LogP contribution in [0.2, 0.25) is 0 Å². The first-order chi connectivity index (χ1) is 9.23. The number of benzene rings is 1. The second-order valence-electron chi connectivity index (χ2n) is 3.46. The number of methoxy groups -OCH3 is 1. The standard InChI is InChI=1S/C10H9F3N2O5/c1-19-8-3-2-6(4-7(8)15(17)18)14-9(16)20-5-10(11,12)13/h2-4H,5H2,1H3,(H,14,16). The second-order valence-corrected chi connectivity index (χ2v) is 3.46. The molecule has 0 aliphatic heterocycles. The van der Waals surface area contributed by atoms with Crippen molar-refractivity contribution in [2.75, 3.05) is 19.0 Å². The number of ether oxygens (including phenoxy) is 2. The molecule has 0 bridgehead atoms. The maximum Gasteiger partial charge on any atom is 0.422 e. The number of rotatable bonds is 4. The Bertz CT molecular complexity index is 518. The van der Waals surface area contributed by atoms with Gasteiger partial charge in [0.15, 0.2) is 12.4 Å². The number of halogens is 3. The normalized spacial score (nSPS) is 10.8. The number of carbonyl (C=O) groups is 1. The molecule has 0 aliphatic rings. The van der Waals surface area contributed by atoms with E-state index in [1.54, 1.807) is 0 Å². The van der Waals surface area contributed by atoms with Crippen LogP contribution in [0.25, 0.3) is 0 Å². The summed E-state index contributed by atoms with van der Waals surface area (Å²) in [6, 6.07) is 3.35. The Hall–Kier alpha value is -2.52. The summed E-state index contributed by atoms with van der Waals surface area (Å²) < 4.78 is 44.1. The molecule has 7 nitrogen and oxygen atoms in total. The largest absolute Gasteiger partial charge is 0.490 e. The highest BCUT2D eigenvalue weighted by molar-refractivity contribution is 5.85. The SMILES string of the molecule is COc1ccc(NC(=O)OCC(F)(F)F)cc1[N+](=O)[O-]. The molecule has 110 valence electrons. The second kappa shape index (κ2) is 6.08. The number of hydrogen-bond acceptors (Lipinski definition) is 5. The highest BCUT2D eigenvalue weighted by Crippen LogP contribution is 2.29. The molecule has 1 amide bonds. The van der Waals surface area contributed by atoms with E-state index in [9.17, 15) is 28.1 Å². The van der Waals surface area contributed by atoms with Crippen LogP contribution in [0.5, 0.6) is 5.75 Å². The van der Waals surface area contributed by atoms with Crippen LogP contribution in [0, 0.1) is 10.1 Å². The van der Waals surface area contributed by atoms with Gasteiger partial charge in [-0.05, 0) is 12.1 Å². The summed E-state index contributed by atoms with van der Waals surface area (Å²) in [4.78, 5) is 21.0. The lowest BCUT2D eigenvalue weighted by atomic mass is 10.2. The van der Waals surface area contributed by atoms with Crippen LogP contribution in [-0.4, -0.2) is 30.9 Å². The minimum Gasteiger partial charge on any atom is -0.490 e. The summed E-state index contributed by atoms with van der Waals surface area (Å²) >= 11 is 0. The average Bonchev–Trinajstić information content (AvgIpc) is 2.35. The molecule has 0 radical (unpaired) electrons. The molecule has 0 spiro atoms. The van der Waals surface area contributed by atoms with Gasteiger partial charge in [-0.1, -0.05) is 0 Å². The van der Waals surface area contributed by atoms with E-state index >= 15 is 0 Å². The quantitative estimate of drug-likeness (QED) is 0.681. The van der Waals surface area contributed by atoms with E-state index in [1.807, 2.05) is 5.32 Å². The zero-order chi connectivity index (χ0) is 15.3. The van der Waals surface area contributed by atoms with E-state index in [0.717, 1.165) is 6.07 Å². The fourth-order valence-corrected chi connectivity index (χ4v) is 1.21. The molecule has 0 heterocycles. The maximum atomic E-state index is 11.8. The van der Waals surface area contributed by atoms with E-state index in [2.05, 4.69) is 4.74 Å². The van der Waals surface area contributed by atoms with Gasteiger partial charge >= 0.3 is 18.0 Å². The molecule has 0 saturated carbocycles. The number of anilines is 1. The first-order valence-electron chi connectivity index (χ1n) is 5.06. The fraction of sp³-hybridized carbons (Fsp3) is 0.300. The van der Waals surface area contributed by atoms with Crippen LogP contribution in [-0.2, 0) is 4.74 Å². The molecular formula is C10H9F3N2O5. The number of amides is 1. The summed E-state index contributed by atoms with van der Waals surface area (Å²) in [5, 5.41) is 12.6. The monoisotopic (exact) mass is 294 g/mol. The molecule has 0 fully saturated rings. The van der Waals surface area contributed by atoms with Crippen LogP contribution in [0.1, 0.15) is 0 Å². The van der Waals surface area contributed by atoms with Gasteiger partial charge in [0.2, 0.25) is 0 Å².